The number of nitro groups is 1. The van der Waals surface area contributed by atoms with Crippen molar-refractivity contribution >= 4 is 17.7 Å². The molecule has 1 rings (SSSR count). The van der Waals surface area contributed by atoms with Crippen molar-refractivity contribution in [2.45, 2.75) is 13.8 Å². The molecule has 0 fully saturated rings. The minimum atomic E-state index is -0.501. The van der Waals surface area contributed by atoms with Crippen LogP contribution in [-0.4, -0.2) is 24.8 Å². The molecular formula is C12H16N2O3. The zero-order valence-corrected chi connectivity index (χ0v) is 10.2. The summed E-state index contributed by atoms with van der Waals surface area (Å²) >= 11 is 0. The Kier molecular flexibility index (Phi) is 4.20. The molecule has 0 aliphatic rings. The molecular weight excluding hydrogens is 220 g/mol. The number of non-ortho nitro benzene ring substituents is 1. The van der Waals surface area contributed by atoms with Gasteiger partial charge in [-0.3, -0.25) is 14.9 Å². The monoisotopic (exact) mass is 236 g/mol. The third-order valence-electron chi connectivity index (χ3n) is 2.40. The van der Waals surface area contributed by atoms with Gasteiger partial charge in [0.2, 0.25) is 0 Å². The van der Waals surface area contributed by atoms with Crippen molar-refractivity contribution in [2.24, 2.45) is 5.92 Å². The van der Waals surface area contributed by atoms with Gasteiger partial charge in [0.1, 0.15) is 0 Å². The van der Waals surface area contributed by atoms with Gasteiger partial charge in [-0.25, -0.2) is 0 Å². The summed E-state index contributed by atoms with van der Waals surface area (Å²) in [5.41, 5.74) is 1.01. The molecule has 5 nitrogen and oxygen atoms in total. The zero-order valence-electron chi connectivity index (χ0n) is 10.2. The van der Waals surface area contributed by atoms with Gasteiger partial charge in [0.05, 0.1) is 4.92 Å². The molecule has 0 N–H and O–H groups in total. The van der Waals surface area contributed by atoms with Gasteiger partial charge in [0.15, 0.2) is 6.29 Å². The molecule has 0 atom stereocenters. The largest absolute Gasteiger partial charge is 0.374 e. The van der Waals surface area contributed by atoms with Crippen LogP contribution in [0.4, 0.5) is 11.4 Å². The number of aldehydes is 1. The summed E-state index contributed by atoms with van der Waals surface area (Å²) in [5.74, 6) is 0.453. The van der Waals surface area contributed by atoms with Gasteiger partial charge in [-0.05, 0) is 12.0 Å². The van der Waals surface area contributed by atoms with E-state index < -0.39 is 4.92 Å². The molecule has 0 saturated heterocycles. The molecule has 92 valence electrons. The van der Waals surface area contributed by atoms with Gasteiger partial charge < -0.3 is 4.90 Å². The second kappa shape index (κ2) is 5.43. The molecule has 0 radical (unpaired) electrons. The number of anilines is 1. The maximum atomic E-state index is 10.9. The van der Waals surface area contributed by atoms with Gasteiger partial charge in [-0.2, -0.15) is 0 Å². The Morgan fingerprint density at radius 1 is 1.47 bits per heavy atom. The average molecular weight is 236 g/mol. The SMILES string of the molecule is CC(C)CN(C)c1ccc([N+](=O)[O-])cc1C=O. The second-order valence-electron chi connectivity index (χ2n) is 4.39. The summed E-state index contributed by atoms with van der Waals surface area (Å²) in [6.07, 6.45) is 0.652. The molecule has 0 amide bonds. The van der Waals surface area contributed by atoms with Crippen molar-refractivity contribution in [1.29, 1.82) is 0 Å². The van der Waals surface area contributed by atoms with Crippen LogP contribution >= 0.6 is 0 Å². The summed E-state index contributed by atoms with van der Waals surface area (Å²) in [4.78, 5) is 23.0. The number of hydrogen-bond donors (Lipinski definition) is 0. The number of rotatable bonds is 5. The number of carbonyl (C=O) groups excluding carboxylic acids is 1. The number of nitro benzene ring substituents is 1. The lowest BCUT2D eigenvalue weighted by atomic mass is 10.1. The van der Waals surface area contributed by atoms with Crippen molar-refractivity contribution in [3.05, 3.63) is 33.9 Å². The van der Waals surface area contributed by atoms with Crippen LogP contribution in [0, 0.1) is 16.0 Å². The van der Waals surface area contributed by atoms with Crippen LogP contribution in [0.1, 0.15) is 24.2 Å². The van der Waals surface area contributed by atoms with Crippen LogP contribution in [0.2, 0.25) is 0 Å². The summed E-state index contributed by atoms with van der Waals surface area (Å²) in [6, 6.07) is 4.34. The number of hydrogen-bond acceptors (Lipinski definition) is 4. The fourth-order valence-corrected chi connectivity index (χ4v) is 1.74. The third-order valence-corrected chi connectivity index (χ3v) is 2.40. The van der Waals surface area contributed by atoms with Gasteiger partial charge in [-0.1, -0.05) is 13.8 Å². The van der Waals surface area contributed by atoms with Crippen molar-refractivity contribution in [2.75, 3.05) is 18.5 Å². The summed E-state index contributed by atoms with van der Waals surface area (Å²) in [7, 11) is 1.87. The van der Waals surface area contributed by atoms with E-state index in [4.69, 9.17) is 0 Å². The number of nitrogens with zero attached hydrogens (tertiary/aromatic N) is 2. The Labute approximate surface area is 100 Å². The predicted molar refractivity (Wildman–Crippen MR) is 66.6 cm³/mol. The average Bonchev–Trinajstić information content (AvgIpc) is 2.27. The quantitative estimate of drug-likeness (QED) is 0.447. The van der Waals surface area contributed by atoms with Crippen molar-refractivity contribution in [3.63, 3.8) is 0 Å². The molecule has 0 unspecified atom stereocenters. The van der Waals surface area contributed by atoms with Crippen LogP contribution < -0.4 is 4.90 Å². The van der Waals surface area contributed by atoms with Gasteiger partial charge in [0, 0.05) is 37.0 Å². The molecule has 1 aromatic rings. The van der Waals surface area contributed by atoms with Crippen molar-refractivity contribution < 1.29 is 9.72 Å². The second-order valence-corrected chi connectivity index (χ2v) is 4.39. The maximum Gasteiger partial charge on any atom is 0.270 e. The summed E-state index contributed by atoms with van der Waals surface area (Å²) < 4.78 is 0. The molecule has 0 bridgehead atoms. The fourth-order valence-electron chi connectivity index (χ4n) is 1.74. The van der Waals surface area contributed by atoms with Crippen LogP contribution in [0.15, 0.2) is 18.2 Å². The topological polar surface area (TPSA) is 63.4 Å². The van der Waals surface area contributed by atoms with Crippen LogP contribution in [0.25, 0.3) is 0 Å². The van der Waals surface area contributed by atoms with E-state index in [1.807, 2.05) is 11.9 Å². The number of benzene rings is 1. The predicted octanol–water partition coefficient (Wildman–Crippen LogP) is 2.50. The highest BCUT2D eigenvalue weighted by Gasteiger charge is 2.13. The van der Waals surface area contributed by atoms with E-state index in [0.717, 1.165) is 12.2 Å². The molecule has 0 spiro atoms. The lowest BCUT2D eigenvalue weighted by molar-refractivity contribution is -0.384. The highest BCUT2D eigenvalue weighted by atomic mass is 16.6. The first-order chi connectivity index (χ1) is 7.95. The smallest absolute Gasteiger partial charge is 0.270 e. The first kappa shape index (κ1) is 13.2. The van der Waals surface area contributed by atoms with Gasteiger partial charge >= 0.3 is 0 Å². The van der Waals surface area contributed by atoms with Crippen LogP contribution in [-0.2, 0) is 0 Å². The minimum Gasteiger partial charge on any atom is -0.374 e. The molecule has 0 aliphatic heterocycles. The lowest BCUT2D eigenvalue weighted by Crippen LogP contribution is -2.23. The normalized spacial score (nSPS) is 10.4. The molecule has 1 aromatic carbocycles. The Balaban J connectivity index is 3.08. The fraction of sp³-hybridized carbons (Fsp3) is 0.417. The number of carbonyl (C=O) groups is 1. The van der Waals surface area contributed by atoms with E-state index in [2.05, 4.69) is 13.8 Å². The molecule has 0 aromatic heterocycles. The molecule has 0 heterocycles. The first-order valence-electron chi connectivity index (χ1n) is 5.40. The molecule has 0 saturated carbocycles. The first-order valence-corrected chi connectivity index (χ1v) is 5.40. The Hall–Kier alpha value is -1.91. The van der Waals surface area contributed by atoms with E-state index in [-0.39, 0.29) is 5.69 Å². The Morgan fingerprint density at radius 3 is 2.59 bits per heavy atom. The van der Waals surface area contributed by atoms with Crippen molar-refractivity contribution in [3.8, 4) is 0 Å². The zero-order chi connectivity index (χ0) is 13.0. The third kappa shape index (κ3) is 3.27. The molecule has 0 aliphatic carbocycles. The van der Waals surface area contributed by atoms with Gasteiger partial charge in [0.25, 0.3) is 5.69 Å². The lowest BCUT2D eigenvalue weighted by Gasteiger charge is -2.22. The van der Waals surface area contributed by atoms with Crippen LogP contribution in [0.3, 0.4) is 0 Å². The van der Waals surface area contributed by atoms with E-state index >= 15 is 0 Å². The van der Waals surface area contributed by atoms with E-state index in [1.54, 1.807) is 6.07 Å². The van der Waals surface area contributed by atoms with Crippen LogP contribution in [0.5, 0.6) is 0 Å². The maximum absolute atomic E-state index is 10.9. The van der Waals surface area contributed by atoms with Gasteiger partial charge in [-0.15, -0.1) is 0 Å². The minimum absolute atomic E-state index is 0.0613. The highest BCUT2D eigenvalue weighted by molar-refractivity contribution is 5.85. The van der Waals surface area contributed by atoms with Crippen molar-refractivity contribution in [1.82, 2.24) is 0 Å². The van der Waals surface area contributed by atoms with E-state index in [9.17, 15) is 14.9 Å². The molecule has 5 heteroatoms. The highest BCUT2D eigenvalue weighted by Crippen LogP contribution is 2.23. The summed E-state index contributed by atoms with van der Waals surface area (Å²) in [6.45, 7) is 4.93. The standard InChI is InChI=1S/C12H16N2O3/c1-9(2)7-13(3)12-5-4-11(14(16)17)6-10(12)8-15/h4-6,8-9H,7H2,1-3H3. The summed E-state index contributed by atoms with van der Waals surface area (Å²) in [5, 5.41) is 10.6. The Bertz CT molecular complexity index is 430. The van der Waals surface area contributed by atoms with E-state index in [1.165, 1.54) is 12.1 Å². The Morgan fingerprint density at radius 2 is 2.12 bits per heavy atom. The molecule has 17 heavy (non-hydrogen) atoms. The van der Waals surface area contributed by atoms with E-state index in [0.29, 0.717) is 17.8 Å².